The summed E-state index contributed by atoms with van der Waals surface area (Å²) in [5.74, 6) is 0.390. The first-order valence-electron chi connectivity index (χ1n) is 4.27. The van der Waals surface area contributed by atoms with Crippen LogP contribution in [0.25, 0.3) is 0 Å². The standard InChI is InChI=1S/C9H11F3N2O/c1-15-8-4-7(2-3-14-8)5-13-6-9(10,11)12/h2-4,13H,5-6H2,1H3. The number of methoxy groups -OCH3 is 1. The van der Waals surface area contributed by atoms with Gasteiger partial charge in [-0.1, -0.05) is 0 Å². The predicted octanol–water partition coefficient (Wildman–Crippen LogP) is 1.74. The van der Waals surface area contributed by atoms with Crippen molar-refractivity contribution in [2.45, 2.75) is 12.7 Å². The van der Waals surface area contributed by atoms with Gasteiger partial charge in [-0.25, -0.2) is 4.98 Å². The Labute approximate surface area is 85.3 Å². The molecule has 1 rings (SSSR count). The maximum Gasteiger partial charge on any atom is 0.401 e. The lowest BCUT2D eigenvalue weighted by Crippen LogP contribution is -2.28. The summed E-state index contributed by atoms with van der Waals surface area (Å²) < 4.78 is 40.3. The SMILES string of the molecule is COc1cc(CNCC(F)(F)F)ccn1. The van der Waals surface area contributed by atoms with Gasteiger partial charge in [-0.3, -0.25) is 0 Å². The van der Waals surface area contributed by atoms with Crippen LogP contribution in [-0.4, -0.2) is 24.8 Å². The van der Waals surface area contributed by atoms with Gasteiger partial charge in [0.15, 0.2) is 0 Å². The van der Waals surface area contributed by atoms with E-state index < -0.39 is 12.7 Å². The maximum atomic E-state index is 11.8. The van der Waals surface area contributed by atoms with Crippen LogP contribution < -0.4 is 10.1 Å². The number of pyridine rings is 1. The minimum absolute atomic E-state index is 0.137. The Hall–Kier alpha value is -1.30. The van der Waals surface area contributed by atoms with Gasteiger partial charge in [0, 0.05) is 18.8 Å². The van der Waals surface area contributed by atoms with E-state index >= 15 is 0 Å². The first-order valence-corrected chi connectivity index (χ1v) is 4.27. The third kappa shape index (κ3) is 4.64. The smallest absolute Gasteiger partial charge is 0.401 e. The van der Waals surface area contributed by atoms with Crippen molar-refractivity contribution in [2.24, 2.45) is 0 Å². The van der Waals surface area contributed by atoms with E-state index in [0.29, 0.717) is 11.4 Å². The Kier molecular flexibility index (Phi) is 3.90. The number of ether oxygens (including phenoxy) is 1. The van der Waals surface area contributed by atoms with Crippen LogP contribution in [0.3, 0.4) is 0 Å². The van der Waals surface area contributed by atoms with E-state index in [-0.39, 0.29) is 6.54 Å². The average Bonchev–Trinajstić information content (AvgIpc) is 2.16. The van der Waals surface area contributed by atoms with Crippen LogP contribution in [0.4, 0.5) is 13.2 Å². The minimum atomic E-state index is -4.18. The molecule has 0 aliphatic heterocycles. The van der Waals surface area contributed by atoms with Gasteiger partial charge in [-0.15, -0.1) is 0 Å². The molecule has 0 amide bonds. The van der Waals surface area contributed by atoms with Crippen LogP contribution in [-0.2, 0) is 6.54 Å². The third-order valence-electron chi connectivity index (χ3n) is 1.66. The molecule has 3 nitrogen and oxygen atoms in total. The molecule has 0 radical (unpaired) electrons. The van der Waals surface area contributed by atoms with Gasteiger partial charge >= 0.3 is 6.18 Å². The zero-order valence-corrected chi connectivity index (χ0v) is 8.14. The van der Waals surface area contributed by atoms with Crippen molar-refractivity contribution in [2.75, 3.05) is 13.7 Å². The summed E-state index contributed by atoms with van der Waals surface area (Å²) in [5.41, 5.74) is 0.700. The molecule has 0 saturated carbocycles. The molecule has 1 aromatic heterocycles. The highest BCUT2D eigenvalue weighted by Crippen LogP contribution is 2.13. The summed E-state index contributed by atoms with van der Waals surface area (Å²) in [6, 6.07) is 3.22. The van der Waals surface area contributed by atoms with E-state index in [1.807, 2.05) is 0 Å². The van der Waals surface area contributed by atoms with Crippen LogP contribution >= 0.6 is 0 Å². The lowest BCUT2D eigenvalue weighted by Gasteiger charge is -2.08. The Morgan fingerprint density at radius 1 is 1.47 bits per heavy atom. The number of halogens is 3. The van der Waals surface area contributed by atoms with Crippen molar-refractivity contribution in [1.82, 2.24) is 10.3 Å². The Morgan fingerprint density at radius 3 is 2.80 bits per heavy atom. The Bertz CT molecular complexity index is 314. The van der Waals surface area contributed by atoms with Gasteiger partial charge in [-0.2, -0.15) is 13.2 Å². The summed E-state index contributed by atoms with van der Waals surface area (Å²) in [4.78, 5) is 3.84. The molecule has 0 aliphatic carbocycles. The van der Waals surface area contributed by atoms with Crippen molar-refractivity contribution in [1.29, 1.82) is 0 Å². The van der Waals surface area contributed by atoms with Gasteiger partial charge in [-0.05, 0) is 11.6 Å². The molecular weight excluding hydrogens is 209 g/mol. The van der Waals surface area contributed by atoms with Crippen molar-refractivity contribution in [3.05, 3.63) is 23.9 Å². The van der Waals surface area contributed by atoms with Crippen LogP contribution in [0, 0.1) is 0 Å². The van der Waals surface area contributed by atoms with Crippen molar-refractivity contribution in [3.63, 3.8) is 0 Å². The quantitative estimate of drug-likeness (QED) is 0.839. The van der Waals surface area contributed by atoms with E-state index in [2.05, 4.69) is 10.3 Å². The molecule has 0 bridgehead atoms. The van der Waals surface area contributed by atoms with Crippen LogP contribution in [0.15, 0.2) is 18.3 Å². The zero-order valence-electron chi connectivity index (χ0n) is 8.14. The van der Waals surface area contributed by atoms with Gasteiger partial charge < -0.3 is 10.1 Å². The monoisotopic (exact) mass is 220 g/mol. The molecule has 0 unspecified atom stereocenters. The first-order chi connectivity index (χ1) is 7.01. The fourth-order valence-corrected chi connectivity index (χ4v) is 1.02. The minimum Gasteiger partial charge on any atom is -0.481 e. The fraction of sp³-hybridized carbons (Fsp3) is 0.444. The number of hydrogen-bond acceptors (Lipinski definition) is 3. The van der Waals surface area contributed by atoms with E-state index in [0.717, 1.165) is 0 Å². The lowest BCUT2D eigenvalue weighted by atomic mass is 10.2. The molecule has 0 aliphatic rings. The Balaban J connectivity index is 2.44. The topological polar surface area (TPSA) is 34.1 Å². The van der Waals surface area contributed by atoms with E-state index in [1.54, 1.807) is 12.1 Å². The molecule has 84 valence electrons. The lowest BCUT2D eigenvalue weighted by molar-refractivity contribution is -0.125. The number of aromatic nitrogens is 1. The predicted molar refractivity (Wildman–Crippen MR) is 48.6 cm³/mol. The zero-order chi connectivity index (χ0) is 11.3. The average molecular weight is 220 g/mol. The number of nitrogens with one attached hydrogen (secondary N) is 1. The summed E-state index contributed by atoms with van der Waals surface area (Å²) in [6.45, 7) is -0.865. The molecule has 0 spiro atoms. The van der Waals surface area contributed by atoms with Crippen molar-refractivity contribution < 1.29 is 17.9 Å². The number of hydrogen-bond donors (Lipinski definition) is 1. The van der Waals surface area contributed by atoms with Gasteiger partial charge in [0.05, 0.1) is 13.7 Å². The van der Waals surface area contributed by atoms with Gasteiger partial charge in [0.2, 0.25) is 5.88 Å². The van der Waals surface area contributed by atoms with Crippen LogP contribution in [0.2, 0.25) is 0 Å². The molecule has 0 aromatic carbocycles. The maximum absolute atomic E-state index is 11.8. The normalized spacial score (nSPS) is 11.5. The van der Waals surface area contributed by atoms with Crippen molar-refractivity contribution in [3.8, 4) is 5.88 Å². The largest absolute Gasteiger partial charge is 0.481 e. The molecule has 1 heterocycles. The summed E-state index contributed by atoms with van der Waals surface area (Å²) in [5, 5.41) is 2.28. The van der Waals surface area contributed by atoms with E-state index in [4.69, 9.17) is 4.74 Å². The van der Waals surface area contributed by atoms with Gasteiger partial charge in [0.1, 0.15) is 0 Å². The highest BCUT2D eigenvalue weighted by molar-refractivity contribution is 5.20. The molecule has 0 saturated heterocycles. The Morgan fingerprint density at radius 2 is 2.20 bits per heavy atom. The highest BCUT2D eigenvalue weighted by Gasteiger charge is 2.25. The molecular formula is C9H11F3N2O. The summed E-state index contributed by atoms with van der Waals surface area (Å²) in [7, 11) is 1.45. The van der Waals surface area contributed by atoms with Crippen LogP contribution in [0.1, 0.15) is 5.56 Å². The molecule has 1 N–H and O–H groups in total. The molecule has 0 atom stereocenters. The van der Waals surface area contributed by atoms with Crippen LogP contribution in [0.5, 0.6) is 5.88 Å². The number of rotatable bonds is 4. The number of alkyl halides is 3. The van der Waals surface area contributed by atoms with E-state index in [1.165, 1.54) is 13.3 Å². The van der Waals surface area contributed by atoms with Crippen molar-refractivity contribution >= 4 is 0 Å². The van der Waals surface area contributed by atoms with E-state index in [9.17, 15) is 13.2 Å². The second-order valence-corrected chi connectivity index (χ2v) is 2.93. The summed E-state index contributed by atoms with van der Waals surface area (Å²) in [6.07, 6.45) is -2.69. The highest BCUT2D eigenvalue weighted by atomic mass is 19.4. The second kappa shape index (κ2) is 4.97. The molecule has 1 aromatic rings. The third-order valence-corrected chi connectivity index (χ3v) is 1.66. The molecule has 15 heavy (non-hydrogen) atoms. The first kappa shape index (κ1) is 11.8. The fourth-order valence-electron chi connectivity index (χ4n) is 1.02. The second-order valence-electron chi connectivity index (χ2n) is 2.93. The summed E-state index contributed by atoms with van der Waals surface area (Å²) >= 11 is 0. The molecule has 0 fully saturated rings. The van der Waals surface area contributed by atoms with Gasteiger partial charge in [0.25, 0.3) is 0 Å². The molecule has 6 heteroatoms. The number of nitrogens with zero attached hydrogens (tertiary/aromatic N) is 1.